The molecule has 0 aliphatic carbocycles. The number of aromatic hydroxyl groups is 1. The molecule has 0 heterocycles. The Morgan fingerprint density at radius 1 is 1.23 bits per heavy atom. The summed E-state index contributed by atoms with van der Waals surface area (Å²) >= 11 is 6.27. The van der Waals surface area contributed by atoms with E-state index in [1.807, 2.05) is 13.8 Å². The Bertz CT molecular complexity index is 790. The molecule has 2 aromatic carbocycles. The Balaban J connectivity index is 2.16. The largest absolute Gasteiger partial charge is 0.508 e. The normalized spacial score (nSPS) is 10.8. The van der Waals surface area contributed by atoms with Gasteiger partial charge in [0.2, 0.25) is 0 Å². The van der Waals surface area contributed by atoms with Crippen molar-refractivity contribution in [3.05, 3.63) is 57.9 Å². The summed E-state index contributed by atoms with van der Waals surface area (Å²) in [6.45, 7) is 5.46. The molecule has 0 aromatic heterocycles. The van der Waals surface area contributed by atoms with Crippen LogP contribution in [0.2, 0.25) is 5.02 Å². The predicted octanol–water partition coefficient (Wildman–Crippen LogP) is 4.84. The molecule has 0 atom stereocenters. The van der Waals surface area contributed by atoms with Crippen LogP contribution in [0.5, 0.6) is 11.5 Å². The lowest BCUT2D eigenvalue weighted by Crippen LogP contribution is -2.14. The third-order valence-corrected chi connectivity index (χ3v) is 4.23. The predicted molar refractivity (Wildman–Crippen MR) is 98.5 cm³/mol. The van der Waals surface area contributed by atoms with E-state index in [9.17, 15) is 14.3 Å². The quantitative estimate of drug-likeness (QED) is 0.698. The van der Waals surface area contributed by atoms with Crippen LogP contribution in [0.25, 0.3) is 0 Å². The van der Waals surface area contributed by atoms with Gasteiger partial charge in [0.05, 0.1) is 6.61 Å². The molecular weight excluding hydrogens is 359 g/mol. The summed E-state index contributed by atoms with van der Waals surface area (Å²) in [5.74, 6) is -0.626. The monoisotopic (exact) mass is 380 g/mol. The molecule has 0 unspecified atom stereocenters. The van der Waals surface area contributed by atoms with E-state index in [4.69, 9.17) is 21.1 Å². The van der Waals surface area contributed by atoms with Crippen LogP contribution < -0.4 is 4.74 Å². The van der Waals surface area contributed by atoms with Crippen LogP contribution in [0.15, 0.2) is 30.3 Å². The van der Waals surface area contributed by atoms with E-state index in [1.54, 1.807) is 31.2 Å². The minimum absolute atomic E-state index is 0.0462. The third-order valence-electron chi connectivity index (χ3n) is 3.88. The fourth-order valence-corrected chi connectivity index (χ4v) is 2.86. The second-order valence-electron chi connectivity index (χ2n) is 6.15. The third kappa shape index (κ3) is 4.88. The van der Waals surface area contributed by atoms with Crippen molar-refractivity contribution in [1.82, 2.24) is 0 Å². The SMILES string of the molecule is CCOC(=O)COc1ccc(Cc2ccc(O)c(C(C)C)c2F)c(Cl)c1. The fraction of sp³-hybridized carbons (Fsp3) is 0.350. The average molecular weight is 381 g/mol. The van der Waals surface area contributed by atoms with Crippen LogP contribution in [0.1, 0.15) is 43.4 Å². The molecule has 0 spiro atoms. The number of benzene rings is 2. The number of carbonyl (C=O) groups is 1. The Hall–Kier alpha value is -2.27. The van der Waals surface area contributed by atoms with Crippen LogP contribution in [-0.4, -0.2) is 24.3 Å². The van der Waals surface area contributed by atoms with Gasteiger partial charge in [-0.1, -0.05) is 37.6 Å². The number of phenols is 1. The molecule has 0 fully saturated rings. The number of ether oxygens (including phenoxy) is 2. The summed E-state index contributed by atoms with van der Waals surface area (Å²) in [4.78, 5) is 11.3. The van der Waals surface area contributed by atoms with Crippen molar-refractivity contribution < 1.29 is 23.8 Å². The van der Waals surface area contributed by atoms with Gasteiger partial charge in [0, 0.05) is 17.0 Å². The van der Waals surface area contributed by atoms with Gasteiger partial charge in [-0.15, -0.1) is 0 Å². The van der Waals surface area contributed by atoms with E-state index in [1.165, 1.54) is 6.07 Å². The topological polar surface area (TPSA) is 55.8 Å². The molecule has 0 aliphatic heterocycles. The highest BCUT2D eigenvalue weighted by molar-refractivity contribution is 6.31. The van der Waals surface area contributed by atoms with Gasteiger partial charge in [-0.3, -0.25) is 0 Å². The summed E-state index contributed by atoms with van der Waals surface area (Å²) in [6.07, 6.45) is 0.281. The van der Waals surface area contributed by atoms with Gasteiger partial charge < -0.3 is 14.6 Å². The first-order valence-electron chi connectivity index (χ1n) is 8.40. The molecular formula is C20H22ClFO4. The first-order valence-corrected chi connectivity index (χ1v) is 8.78. The van der Waals surface area contributed by atoms with Crippen LogP contribution in [0.4, 0.5) is 4.39 Å². The molecule has 0 aliphatic rings. The van der Waals surface area contributed by atoms with Gasteiger partial charge in [0.15, 0.2) is 6.61 Å². The Morgan fingerprint density at radius 2 is 1.92 bits per heavy atom. The van der Waals surface area contributed by atoms with E-state index in [0.29, 0.717) is 28.5 Å². The van der Waals surface area contributed by atoms with Crippen molar-refractivity contribution >= 4 is 17.6 Å². The van der Waals surface area contributed by atoms with Crippen molar-refractivity contribution in [1.29, 1.82) is 0 Å². The van der Waals surface area contributed by atoms with Crippen LogP contribution >= 0.6 is 11.6 Å². The van der Waals surface area contributed by atoms with Gasteiger partial charge in [-0.25, -0.2) is 9.18 Å². The van der Waals surface area contributed by atoms with Crippen LogP contribution in [0, 0.1) is 5.82 Å². The molecule has 1 N–H and O–H groups in total. The van der Waals surface area contributed by atoms with Gasteiger partial charge in [0.1, 0.15) is 17.3 Å². The molecule has 0 amide bonds. The number of phenolic OH excluding ortho intramolecular Hbond substituents is 1. The van der Waals surface area contributed by atoms with E-state index < -0.39 is 11.8 Å². The lowest BCUT2D eigenvalue weighted by molar-refractivity contribution is -0.145. The second-order valence-corrected chi connectivity index (χ2v) is 6.56. The number of halogens is 2. The Labute approximate surface area is 157 Å². The summed E-state index contributed by atoms with van der Waals surface area (Å²) in [7, 11) is 0. The van der Waals surface area contributed by atoms with Crippen molar-refractivity contribution in [3.8, 4) is 11.5 Å². The van der Waals surface area contributed by atoms with Gasteiger partial charge >= 0.3 is 5.97 Å². The van der Waals surface area contributed by atoms with Crippen molar-refractivity contribution in [2.75, 3.05) is 13.2 Å². The number of hydrogen-bond donors (Lipinski definition) is 1. The zero-order valence-electron chi connectivity index (χ0n) is 15.0. The van der Waals surface area contributed by atoms with E-state index >= 15 is 0 Å². The fourth-order valence-electron chi connectivity index (χ4n) is 2.62. The standard InChI is InChI=1S/C20H22ClFO4/c1-4-25-18(24)11-26-15-7-5-13(16(21)10-15)9-14-6-8-17(23)19(12(2)3)20(14)22/h5-8,10,12,23H,4,9,11H2,1-3H3. The zero-order valence-corrected chi connectivity index (χ0v) is 15.8. The van der Waals surface area contributed by atoms with Gasteiger partial charge in [0.25, 0.3) is 0 Å². The molecule has 0 saturated heterocycles. The minimum Gasteiger partial charge on any atom is -0.508 e. The maximum Gasteiger partial charge on any atom is 0.344 e. The lowest BCUT2D eigenvalue weighted by Gasteiger charge is -2.14. The van der Waals surface area contributed by atoms with Gasteiger partial charge in [-0.05, 0) is 42.2 Å². The minimum atomic E-state index is -0.458. The van der Waals surface area contributed by atoms with Gasteiger partial charge in [-0.2, -0.15) is 0 Å². The molecule has 2 aromatic rings. The summed E-state index contributed by atoms with van der Waals surface area (Å²) in [5.41, 5.74) is 1.47. The molecule has 2 rings (SSSR count). The zero-order chi connectivity index (χ0) is 19.3. The molecule has 0 radical (unpaired) electrons. The highest BCUT2D eigenvalue weighted by atomic mass is 35.5. The number of rotatable bonds is 7. The molecule has 0 saturated carbocycles. The molecule has 6 heteroatoms. The molecule has 0 bridgehead atoms. The molecule has 26 heavy (non-hydrogen) atoms. The summed E-state index contributed by atoms with van der Waals surface area (Å²) < 4.78 is 24.8. The Kier molecular flexibility index (Phi) is 6.86. The smallest absolute Gasteiger partial charge is 0.344 e. The first-order chi connectivity index (χ1) is 12.3. The van der Waals surface area contributed by atoms with Crippen molar-refractivity contribution in [2.45, 2.75) is 33.1 Å². The number of esters is 1. The highest BCUT2D eigenvalue weighted by Crippen LogP contribution is 2.32. The highest BCUT2D eigenvalue weighted by Gasteiger charge is 2.17. The van der Waals surface area contributed by atoms with Crippen LogP contribution in [0.3, 0.4) is 0 Å². The Morgan fingerprint density at radius 3 is 2.54 bits per heavy atom. The lowest BCUT2D eigenvalue weighted by atomic mass is 9.95. The molecule has 4 nitrogen and oxygen atoms in total. The van der Waals surface area contributed by atoms with Crippen LogP contribution in [-0.2, 0) is 16.0 Å². The number of hydrogen-bond acceptors (Lipinski definition) is 4. The number of carbonyl (C=O) groups excluding carboxylic acids is 1. The van der Waals surface area contributed by atoms with E-state index in [2.05, 4.69) is 0 Å². The van der Waals surface area contributed by atoms with E-state index in [-0.39, 0.29) is 24.7 Å². The maximum absolute atomic E-state index is 14.7. The maximum atomic E-state index is 14.7. The van der Waals surface area contributed by atoms with E-state index in [0.717, 1.165) is 5.56 Å². The van der Waals surface area contributed by atoms with Crippen molar-refractivity contribution in [2.24, 2.45) is 0 Å². The molecule has 140 valence electrons. The first kappa shape index (κ1) is 20.0. The van der Waals surface area contributed by atoms with Crippen molar-refractivity contribution in [3.63, 3.8) is 0 Å². The summed E-state index contributed by atoms with van der Waals surface area (Å²) in [6, 6.07) is 8.03. The second kappa shape index (κ2) is 8.90. The average Bonchev–Trinajstić information content (AvgIpc) is 2.57. The summed E-state index contributed by atoms with van der Waals surface area (Å²) in [5, 5.41) is 10.3.